The molecule has 4 heteroatoms. The molecule has 0 amide bonds. The van der Waals surface area contributed by atoms with Gasteiger partial charge in [0.1, 0.15) is 5.82 Å². The Morgan fingerprint density at radius 2 is 2.06 bits per heavy atom. The topological polar surface area (TPSA) is 34.1 Å². The van der Waals surface area contributed by atoms with Crippen molar-refractivity contribution in [2.24, 2.45) is 0 Å². The number of rotatable bonds is 3. The number of ketones is 1. The van der Waals surface area contributed by atoms with Crippen molar-refractivity contribution < 1.29 is 14.0 Å². The molecule has 0 aliphatic heterocycles. The van der Waals surface area contributed by atoms with Crippen LogP contribution >= 0.6 is 11.3 Å². The summed E-state index contributed by atoms with van der Waals surface area (Å²) in [4.78, 5) is 23.3. The first-order valence-corrected chi connectivity index (χ1v) is 5.37. The average molecular weight is 234 g/mol. The predicted molar refractivity (Wildman–Crippen MR) is 59.5 cm³/mol. The molecule has 1 heterocycles. The Balaban J connectivity index is 2.35. The second-order valence-corrected chi connectivity index (χ2v) is 4.27. The van der Waals surface area contributed by atoms with Gasteiger partial charge in [-0.15, -0.1) is 11.3 Å². The second-order valence-electron chi connectivity index (χ2n) is 3.16. The van der Waals surface area contributed by atoms with E-state index in [4.69, 9.17) is 0 Å². The molecule has 0 saturated heterocycles. The fourth-order valence-corrected chi connectivity index (χ4v) is 2.09. The van der Waals surface area contributed by atoms with Gasteiger partial charge < -0.3 is 0 Å². The molecule has 0 atom stereocenters. The van der Waals surface area contributed by atoms with E-state index in [2.05, 4.69) is 0 Å². The Labute approximate surface area is 95.3 Å². The maximum absolute atomic E-state index is 12.9. The summed E-state index contributed by atoms with van der Waals surface area (Å²) in [5, 5.41) is 0. The molecule has 0 aliphatic carbocycles. The van der Waals surface area contributed by atoms with Crippen LogP contribution in [0.4, 0.5) is 4.39 Å². The molecular formula is C12H7FO2S. The Bertz CT molecular complexity index is 545. The largest absolute Gasteiger partial charge is 0.297 e. The maximum Gasteiger partial charge on any atom is 0.203 e. The van der Waals surface area contributed by atoms with Gasteiger partial charge in [-0.05, 0) is 24.3 Å². The van der Waals surface area contributed by atoms with Gasteiger partial charge in [0.2, 0.25) is 5.78 Å². The first kappa shape index (κ1) is 10.7. The predicted octanol–water partition coefficient (Wildman–Crippen LogP) is 2.93. The van der Waals surface area contributed by atoms with Crippen LogP contribution in [0.3, 0.4) is 0 Å². The van der Waals surface area contributed by atoms with Crippen LogP contribution in [0.2, 0.25) is 0 Å². The minimum atomic E-state index is -0.446. The number of halogens is 1. The molecule has 16 heavy (non-hydrogen) atoms. The van der Waals surface area contributed by atoms with Crippen LogP contribution < -0.4 is 0 Å². The summed E-state index contributed by atoms with van der Waals surface area (Å²) in [5.41, 5.74) is 0.291. The average Bonchev–Trinajstić information content (AvgIpc) is 2.76. The monoisotopic (exact) mass is 234 g/mol. The third-order valence-corrected chi connectivity index (χ3v) is 3.06. The van der Waals surface area contributed by atoms with E-state index in [0.29, 0.717) is 21.6 Å². The molecule has 0 radical (unpaired) electrons. The second kappa shape index (κ2) is 4.37. The summed E-state index contributed by atoms with van der Waals surface area (Å²) in [6.45, 7) is 0. The van der Waals surface area contributed by atoms with Crippen molar-refractivity contribution in [1.82, 2.24) is 0 Å². The highest BCUT2D eigenvalue weighted by Gasteiger charge is 2.12. The molecule has 0 spiro atoms. The molecule has 2 rings (SSSR count). The normalized spacial score (nSPS) is 10.1. The summed E-state index contributed by atoms with van der Waals surface area (Å²) in [5.74, 6) is -0.712. The number of thiophene rings is 1. The summed E-state index contributed by atoms with van der Waals surface area (Å²) in [6, 6.07) is 8.64. The standard InChI is InChI=1S/C12H7FO2S/c13-9-3-1-2-8(6-9)12(15)11-5-4-10(7-14)16-11/h1-7H. The van der Waals surface area contributed by atoms with Gasteiger partial charge in [-0.3, -0.25) is 9.59 Å². The Morgan fingerprint density at radius 3 is 2.69 bits per heavy atom. The highest BCUT2D eigenvalue weighted by Crippen LogP contribution is 2.19. The Morgan fingerprint density at radius 1 is 1.25 bits per heavy atom. The van der Waals surface area contributed by atoms with E-state index in [-0.39, 0.29) is 5.78 Å². The van der Waals surface area contributed by atoms with Crippen LogP contribution in [0.1, 0.15) is 24.9 Å². The molecule has 80 valence electrons. The molecule has 0 fully saturated rings. The number of benzene rings is 1. The van der Waals surface area contributed by atoms with Crippen molar-refractivity contribution >= 4 is 23.4 Å². The van der Waals surface area contributed by atoms with Crippen molar-refractivity contribution in [3.63, 3.8) is 0 Å². The highest BCUT2D eigenvalue weighted by atomic mass is 32.1. The molecule has 0 unspecified atom stereocenters. The van der Waals surface area contributed by atoms with Gasteiger partial charge in [-0.1, -0.05) is 12.1 Å². The van der Waals surface area contributed by atoms with Crippen LogP contribution in [0, 0.1) is 5.82 Å². The van der Waals surface area contributed by atoms with Crippen LogP contribution in [0.25, 0.3) is 0 Å². The molecule has 0 N–H and O–H groups in total. The van der Waals surface area contributed by atoms with Crippen LogP contribution in [-0.2, 0) is 0 Å². The van der Waals surface area contributed by atoms with Crippen LogP contribution in [0.5, 0.6) is 0 Å². The molecule has 0 aliphatic rings. The summed E-state index contributed by atoms with van der Waals surface area (Å²) < 4.78 is 12.9. The van der Waals surface area contributed by atoms with E-state index in [9.17, 15) is 14.0 Å². The molecule has 0 bridgehead atoms. The van der Waals surface area contributed by atoms with Gasteiger partial charge >= 0.3 is 0 Å². The van der Waals surface area contributed by atoms with Crippen molar-refractivity contribution in [3.8, 4) is 0 Å². The number of aldehydes is 1. The number of hydrogen-bond acceptors (Lipinski definition) is 3. The maximum atomic E-state index is 12.9. The first-order chi connectivity index (χ1) is 7.70. The number of carbonyl (C=O) groups excluding carboxylic acids is 2. The highest BCUT2D eigenvalue weighted by molar-refractivity contribution is 7.15. The molecule has 2 nitrogen and oxygen atoms in total. The van der Waals surface area contributed by atoms with Gasteiger partial charge in [0.25, 0.3) is 0 Å². The summed E-state index contributed by atoms with van der Waals surface area (Å²) in [7, 11) is 0. The molecule has 0 saturated carbocycles. The number of carbonyl (C=O) groups is 2. The fraction of sp³-hybridized carbons (Fsp3) is 0. The number of hydrogen-bond donors (Lipinski definition) is 0. The van der Waals surface area contributed by atoms with Crippen molar-refractivity contribution in [3.05, 3.63) is 57.5 Å². The minimum Gasteiger partial charge on any atom is -0.297 e. The molecule has 1 aromatic carbocycles. The summed E-state index contributed by atoms with van der Waals surface area (Å²) in [6.07, 6.45) is 0.688. The van der Waals surface area contributed by atoms with Crippen molar-refractivity contribution in [2.45, 2.75) is 0 Å². The van der Waals surface area contributed by atoms with E-state index in [0.717, 1.165) is 11.3 Å². The Hall–Kier alpha value is -1.81. The van der Waals surface area contributed by atoms with E-state index in [1.807, 2.05) is 0 Å². The zero-order valence-electron chi connectivity index (χ0n) is 8.14. The SMILES string of the molecule is O=Cc1ccc(C(=O)c2cccc(F)c2)s1. The third-order valence-electron chi connectivity index (χ3n) is 2.05. The lowest BCUT2D eigenvalue weighted by atomic mass is 10.1. The van der Waals surface area contributed by atoms with Gasteiger partial charge in [0.15, 0.2) is 6.29 Å². The third kappa shape index (κ3) is 2.06. The van der Waals surface area contributed by atoms with Crippen LogP contribution in [-0.4, -0.2) is 12.1 Å². The lowest BCUT2D eigenvalue weighted by Crippen LogP contribution is -1.98. The zero-order valence-corrected chi connectivity index (χ0v) is 8.96. The smallest absolute Gasteiger partial charge is 0.203 e. The van der Waals surface area contributed by atoms with Gasteiger partial charge in [0.05, 0.1) is 9.75 Å². The van der Waals surface area contributed by atoms with Crippen LogP contribution in [0.15, 0.2) is 36.4 Å². The molecule has 2 aromatic rings. The first-order valence-electron chi connectivity index (χ1n) is 4.56. The lowest BCUT2D eigenvalue weighted by molar-refractivity contribution is 0.104. The van der Waals surface area contributed by atoms with Crippen molar-refractivity contribution in [2.75, 3.05) is 0 Å². The molecular weight excluding hydrogens is 227 g/mol. The Kier molecular flexibility index (Phi) is 2.92. The molecule has 1 aromatic heterocycles. The van der Waals surface area contributed by atoms with Gasteiger partial charge in [0, 0.05) is 5.56 Å². The summed E-state index contributed by atoms with van der Waals surface area (Å²) >= 11 is 1.10. The van der Waals surface area contributed by atoms with E-state index in [1.54, 1.807) is 18.2 Å². The minimum absolute atomic E-state index is 0.266. The zero-order chi connectivity index (χ0) is 11.5. The quantitative estimate of drug-likeness (QED) is 0.604. The fourth-order valence-electron chi connectivity index (χ4n) is 1.31. The van der Waals surface area contributed by atoms with Gasteiger partial charge in [-0.25, -0.2) is 4.39 Å². The van der Waals surface area contributed by atoms with Gasteiger partial charge in [-0.2, -0.15) is 0 Å². The lowest BCUT2D eigenvalue weighted by Gasteiger charge is -1.97. The van der Waals surface area contributed by atoms with Crippen molar-refractivity contribution in [1.29, 1.82) is 0 Å². The van der Waals surface area contributed by atoms with E-state index < -0.39 is 5.82 Å². The van der Waals surface area contributed by atoms with E-state index >= 15 is 0 Å². The van der Waals surface area contributed by atoms with E-state index in [1.165, 1.54) is 18.2 Å².